The van der Waals surface area contributed by atoms with Crippen molar-refractivity contribution in [2.75, 3.05) is 25.0 Å². The first kappa shape index (κ1) is 24.6. The Morgan fingerprint density at radius 3 is 2.64 bits per heavy atom. The van der Waals surface area contributed by atoms with E-state index in [1.807, 2.05) is 0 Å². The highest BCUT2D eigenvalue weighted by Gasteiger charge is 2.59. The molecule has 5 rings (SSSR count). The van der Waals surface area contributed by atoms with Crippen molar-refractivity contribution >= 4 is 40.8 Å². The summed E-state index contributed by atoms with van der Waals surface area (Å²) in [5.74, 6) is -2.27. The summed E-state index contributed by atoms with van der Waals surface area (Å²) >= 11 is 7.29. The molecule has 2 amide bonds. The largest absolute Gasteiger partial charge is 0.469 e. The zero-order valence-electron chi connectivity index (χ0n) is 19.1. The molecule has 0 aliphatic carbocycles. The zero-order chi connectivity index (χ0) is 25.6. The monoisotopic (exact) mass is 542 g/mol. The summed E-state index contributed by atoms with van der Waals surface area (Å²) in [6.07, 6.45) is -1.71. The molecular formula is C22H22ClF3N6O3S. The van der Waals surface area contributed by atoms with E-state index in [-0.39, 0.29) is 23.9 Å². The van der Waals surface area contributed by atoms with Gasteiger partial charge in [0.2, 0.25) is 5.95 Å². The molecule has 2 aliphatic heterocycles. The summed E-state index contributed by atoms with van der Waals surface area (Å²) in [6.45, 7) is 2.39. The van der Waals surface area contributed by atoms with Gasteiger partial charge >= 0.3 is 12.2 Å². The third kappa shape index (κ3) is 4.69. The molecule has 9 nitrogen and oxygen atoms in total. The van der Waals surface area contributed by atoms with Crippen molar-refractivity contribution in [3.05, 3.63) is 50.8 Å². The van der Waals surface area contributed by atoms with Gasteiger partial charge in [-0.15, -0.1) is 16.4 Å². The van der Waals surface area contributed by atoms with Gasteiger partial charge < -0.3 is 19.5 Å². The smallest absolute Gasteiger partial charge is 0.395 e. The van der Waals surface area contributed by atoms with Crippen LogP contribution in [0.25, 0.3) is 0 Å². The molecule has 2 saturated heterocycles. The van der Waals surface area contributed by atoms with Gasteiger partial charge in [0, 0.05) is 24.5 Å². The molecule has 192 valence electrons. The molecule has 0 saturated carbocycles. The van der Waals surface area contributed by atoms with E-state index in [0.29, 0.717) is 23.2 Å². The fraction of sp³-hybridized carbons (Fsp3) is 0.455. The fourth-order valence-electron chi connectivity index (χ4n) is 4.39. The maximum atomic E-state index is 13.8. The second kappa shape index (κ2) is 9.43. The Labute approximate surface area is 212 Å². The molecule has 2 unspecified atom stereocenters. The number of carbonyl (C=O) groups excluding carboxylic acids is 2. The van der Waals surface area contributed by atoms with Gasteiger partial charge in [-0.1, -0.05) is 11.6 Å². The molecule has 0 spiro atoms. The average molecular weight is 543 g/mol. The van der Waals surface area contributed by atoms with E-state index in [0.717, 1.165) is 27.3 Å². The standard InChI is InChI=1S/C22H22ClF3N6O3S/c1-12-8-13(11-35-12)19(33)32-20(27-9-14-4-5-16(23)36-14)28-18(29-32)17-15(22(24,25)26)10-31(17)21(34)30-6-2-3-7-30/h4-5,8,11,15,17H,2-3,6-7,9-10H2,1H3,(H,27,28,29). The number of nitrogens with zero attached hydrogens (tertiary/aromatic N) is 5. The lowest BCUT2D eigenvalue weighted by atomic mass is 9.87. The van der Waals surface area contributed by atoms with Crippen molar-refractivity contribution in [3.63, 3.8) is 0 Å². The van der Waals surface area contributed by atoms with Gasteiger partial charge in [0.05, 0.1) is 16.4 Å². The Morgan fingerprint density at radius 1 is 1.28 bits per heavy atom. The summed E-state index contributed by atoms with van der Waals surface area (Å²) in [5, 5.41) is 7.15. The van der Waals surface area contributed by atoms with Gasteiger partial charge in [0.1, 0.15) is 24.0 Å². The quantitative estimate of drug-likeness (QED) is 0.490. The van der Waals surface area contributed by atoms with Gasteiger partial charge in [-0.05, 0) is 38.0 Å². The van der Waals surface area contributed by atoms with Crippen LogP contribution >= 0.6 is 22.9 Å². The minimum absolute atomic E-state index is 0.0419. The number of carbonyl (C=O) groups is 2. The van der Waals surface area contributed by atoms with E-state index >= 15 is 0 Å². The van der Waals surface area contributed by atoms with E-state index in [9.17, 15) is 22.8 Å². The average Bonchev–Trinajstić information content (AvgIpc) is 3.58. The van der Waals surface area contributed by atoms with E-state index in [4.69, 9.17) is 16.0 Å². The number of hydrogen-bond donors (Lipinski definition) is 1. The van der Waals surface area contributed by atoms with Gasteiger partial charge in [-0.2, -0.15) is 22.8 Å². The molecule has 3 aromatic heterocycles. The van der Waals surface area contributed by atoms with Crippen LogP contribution in [0.1, 0.15) is 45.7 Å². The van der Waals surface area contributed by atoms with Crippen LogP contribution in [0, 0.1) is 12.8 Å². The second-order valence-corrected chi connectivity index (χ2v) is 10.5. The topological polar surface area (TPSA) is 96.5 Å². The molecule has 0 radical (unpaired) electrons. The Kier molecular flexibility index (Phi) is 6.45. The highest BCUT2D eigenvalue weighted by Crippen LogP contribution is 2.47. The van der Waals surface area contributed by atoms with E-state index in [1.54, 1.807) is 19.1 Å². The number of halogens is 4. The Morgan fingerprint density at radius 2 is 2.03 bits per heavy atom. The molecule has 5 heterocycles. The van der Waals surface area contributed by atoms with Gasteiger partial charge in [0.15, 0.2) is 5.82 Å². The number of aromatic nitrogens is 3. The highest BCUT2D eigenvalue weighted by atomic mass is 35.5. The molecule has 3 aromatic rings. The number of hydrogen-bond acceptors (Lipinski definition) is 7. The first-order valence-corrected chi connectivity index (χ1v) is 12.5. The first-order chi connectivity index (χ1) is 17.1. The van der Waals surface area contributed by atoms with Crippen molar-refractivity contribution in [1.82, 2.24) is 24.6 Å². The third-order valence-corrected chi connectivity index (χ3v) is 7.49. The molecule has 2 fully saturated rings. The summed E-state index contributed by atoms with van der Waals surface area (Å²) in [7, 11) is 0. The number of urea groups is 1. The fourth-order valence-corrected chi connectivity index (χ4v) is 5.42. The van der Waals surface area contributed by atoms with Crippen molar-refractivity contribution < 1.29 is 27.2 Å². The van der Waals surface area contributed by atoms with E-state index < -0.39 is 36.6 Å². The van der Waals surface area contributed by atoms with Crippen molar-refractivity contribution in [2.45, 2.75) is 38.5 Å². The number of nitrogens with one attached hydrogen (secondary N) is 1. The van der Waals surface area contributed by atoms with Crippen LogP contribution in [0.4, 0.5) is 23.9 Å². The normalized spacial score (nSPS) is 20.0. The Hall–Kier alpha value is -3.06. The Bertz CT molecular complexity index is 1280. The summed E-state index contributed by atoms with van der Waals surface area (Å²) < 4.78 is 48.2. The number of thiophene rings is 1. The molecule has 0 bridgehead atoms. The minimum Gasteiger partial charge on any atom is -0.469 e. The van der Waals surface area contributed by atoms with Crippen LogP contribution in [0.2, 0.25) is 4.34 Å². The maximum Gasteiger partial charge on any atom is 0.395 e. The van der Waals surface area contributed by atoms with Crippen molar-refractivity contribution in [1.29, 1.82) is 0 Å². The lowest BCUT2D eigenvalue weighted by molar-refractivity contribution is -0.225. The predicted molar refractivity (Wildman–Crippen MR) is 125 cm³/mol. The zero-order valence-corrected chi connectivity index (χ0v) is 20.7. The molecule has 0 aromatic carbocycles. The number of furan rings is 1. The van der Waals surface area contributed by atoms with Crippen LogP contribution in [-0.4, -0.2) is 62.3 Å². The summed E-state index contributed by atoms with van der Waals surface area (Å²) in [6, 6.07) is 3.08. The van der Waals surface area contributed by atoms with Gasteiger partial charge in [0.25, 0.3) is 5.91 Å². The Balaban J connectivity index is 1.49. The molecule has 14 heteroatoms. The third-order valence-electron chi connectivity index (χ3n) is 6.26. The molecular weight excluding hydrogens is 521 g/mol. The van der Waals surface area contributed by atoms with Crippen LogP contribution in [-0.2, 0) is 6.54 Å². The molecule has 36 heavy (non-hydrogen) atoms. The number of anilines is 1. The molecule has 2 atom stereocenters. The minimum atomic E-state index is -4.56. The highest BCUT2D eigenvalue weighted by molar-refractivity contribution is 7.16. The number of alkyl halides is 3. The van der Waals surface area contributed by atoms with Gasteiger partial charge in [-0.3, -0.25) is 4.79 Å². The van der Waals surface area contributed by atoms with Crippen LogP contribution < -0.4 is 5.32 Å². The molecule has 1 N–H and O–H groups in total. The number of amides is 2. The first-order valence-electron chi connectivity index (χ1n) is 11.3. The SMILES string of the molecule is Cc1cc(C(=O)n2nc(C3C(C(F)(F)F)CN3C(=O)N3CCCC3)nc2NCc2ccc(Cl)s2)co1. The van der Waals surface area contributed by atoms with E-state index in [2.05, 4.69) is 15.4 Å². The van der Waals surface area contributed by atoms with Crippen LogP contribution in [0.5, 0.6) is 0 Å². The lowest BCUT2D eigenvalue weighted by Gasteiger charge is -2.48. The predicted octanol–water partition coefficient (Wildman–Crippen LogP) is 4.95. The van der Waals surface area contributed by atoms with E-state index in [1.165, 1.54) is 28.6 Å². The number of aryl methyl sites for hydroxylation is 1. The second-order valence-electron chi connectivity index (χ2n) is 8.74. The number of rotatable bonds is 5. The van der Waals surface area contributed by atoms with Crippen LogP contribution in [0.3, 0.4) is 0 Å². The lowest BCUT2D eigenvalue weighted by Crippen LogP contribution is -2.60. The maximum absolute atomic E-state index is 13.8. The number of likely N-dealkylation sites (tertiary alicyclic amines) is 2. The summed E-state index contributed by atoms with van der Waals surface area (Å²) in [5.41, 5.74) is 0.164. The molecule has 2 aliphatic rings. The van der Waals surface area contributed by atoms with Gasteiger partial charge in [-0.25, -0.2) is 4.79 Å². The van der Waals surface area contributed by atoms with Crippen LogP contribution in [0.15, 0.2) is 28.9 Å². The van der Waals surface area contributed by atoms with Crippen molar-refractivity contribution in [3.8, 4) is 0 Å². The summed E-state index contributed by atoms with van der Waals surface area (Å²) in [4.78, 5) is 33.9. The van der Waals surface area contributed by atoms with Crippen molar-refractivity contribution in [2.24, 2.45) is 5.92 Å².